The lowest BCUT2D eigenvalue weighted by atomic mass is 10.1. The Kier molecular flexibility index (Phi) is 16.8. The fourth-order valence-electron chi connectivity index (χ4n) is 3.02. The molecule has 0 saturated carbocycles. The Labute approximate surface area is 165 Å². The second kappa shape index (κ2) is 17.8. The first kappa shape index (κ1) is 25.4. The predicted molar refractivity (Wildman–Crippen MR) is 111 cm³/mol. The molecule has 27 heavy (non-hydrogen) atoms. The highest BCUT2D eigenvalue weighted by Gasteiger charge is 2.21. The summed E-state index contributed by atoms with van der Waals surface area (Å²) in [6, 6.07) is -0.594. The molecule has 1 atom stereocenters. The molecule has 0 aromatic rings. The van der Waals surface area contributed by atoms with E-state index in [2.05, 4.69) is 12.2 Å². The lowest BCUT2D eigenvalue weighted by Crippen LogP contribution is -2.41. The SMILES string of the molecule is CCCCCCCCCCCC(=O)NC(CCCCC(=N)N)C(=O)OCC. The first-order valence-corrected chi connectivity index (χ1v) is 10.8. The number of carbonyl (C=O) groups is 2. The Balaban J connectivity index is 3.95. The topological polar surface area (TPSA) is 105 Å². The standard InChI is InChI=1S/C21H41N3O3/c1-3-5-6-7-8-9-10-11-12-17-20(25)24-18(21(26)27-4-2)15-13-14-16-19(22)23/h18H,3-17H2,1-2H3,(H3,22,23)(H,24,25). The second-order valence-electron chi connectivity index (χ2n) is 7.22. The summed E-state index contributed by atoms with van der Waals surface area (Å²) in [5, 5.41) is 10.0. The van der Waals surface area contributed by atoms with Crippen LogP contribution in [0.4, 0.5) is 0 Å². The smallest absolute Gasteiger partial charge is 0.328 e. The van der Waals surface area contributed by atoms with Gasteiger partial charge in [-0.15, -0.1) is 0 Å². The van der Waals surface area contributed by atoms with Crippen molar-refractivity contribution in [2.24, 2.45) is 5.73 Å². The molecule has 0 aliphatic carbocycles. The monoisotopic (exact) mass is 383 g/mol. The van der Waals surface area contributed by atoms with E-state index in [4.69, 9.17) is 15.9 Å². The normalized spacial score (nSPS) is 11.8. The maximum Gasteiger partial charge on any atom is 0.328 e. The quantitative estimate of drug-likeness (QED) is 0.141. The van der Waals surface area contributed by atoms with Gasteiger partial charge in [-0.3, -0.25) is 10.2 Å². The van der Waals surface area contributed by atoms with E-state index in [1.165, 1.54) is 44.9 Å². The van der Waals surface area contributed by atoms with Crippen LogP contribution < -0.4 is 11.1 Å². The Morgan fingerprint density at radius 1 is 0.889 bits per heavy atom. The number of esters is 1. The summed E-state index contributed by atoms with van der Waals surface area (Å²) in [4.78, 5) is 24.2. The Bertz CT molecular complexity index is 413. The first-order valence-electron chi connectivity index (χ1n) is 10.8. The van der Waals surface area contributed by atoms with Gasteiger partial charge in [0.1, 0.15) is 6.04 Å². The lowest BCUT2D eigenvalue weighted by molar-refractivity contribution is -0.147. The van der Waals surface area contributed by atoms with Gasteiger partial charge in [-0.1, -0.05) is 64.7 Å². The second-order valence-corrected chi connectivity index (χ2v) is 7.22. The zero-order chi connectivity index (χ0) is 20.3. The Morgan fingerprint density at radius 3 is 2.00 bits per heavy atom. The van der Waals surface area contributed by atoms with E-state index in [0.29, 0.717) is 25.9 Å². The van der Waals surface area contributed by atoms with Crippen molar-refractivity contribution in [2.45, 2.75) is 110 Å². The van der Waals surface area contributed by atoms with E-state index in [0.717, 1.165) is 25.7 Å². The zero-order valence-corrected chi connectivity index (χ0v) is 17.5. The predicted octanol–water partition coefficient (Wildman–Crippen LogP) is 4.45. The summed E-state index contributed by atoms with van der Waals surface area (Å²) in [5.41, 5.74) is 5.34. The van der Waals surface area contributed by atoms with Crippen molar-refractivity contribution in [3.8, 4) is 0 Å². The van der Waals surface area contributed by atoms with Crippen molar-refractivity contribution in [3.63, 3.8) is 0 Å². The minimum atomic E-state index is -0.594. The molecular formula is C21H41N3O3. The third kappa shape index (κ3) is 16.3. The van der Waals surface area contributed by atoms with Crippen LogP contribution in [-0.4, -0.2) is 30.4 Å². The lowest BCUT2D eigenvalue weighted by Gasteiger charge is -2.17. The molecule has 0 aromatic heterocycles. The molecule has 4 N–H and O–H groups in total. The highest BCUT2D eigenvalue weighted by atomic mass is 16.5. The highest BCUT2D eigenvalue weighted by molar-refractivity contribution is 5.84. The van der Waals surface area contributed by atoms with Crippen LogP contribution in [0.5, 0.6) is 0 Å². The van der Waals surface area contributed by atoms with Gasteiger partial charge in [-0.25, -0.2) is 4.79 Å². The van der Waals surface area contributed by atoms with E-state index in [-0.39, 0.29) is 17.7 Å². The van der Waals surface area contributed by atoms with Crippen LogP contribution in [0.3, 0.4) is 0 Å². The molecule has 0 bridgehead atoms. The number of nitrogens with one attached hydrogen (secondary N) is 2. The number of nitrogens with two attached hydrogens (primary N) is 1. The van der Waals surface area contributed by atoms with Crippen molar-refractivity contribution in [3.05, 3.63) is 0 Å². The van der Waals surface area contributed by atoms with Crippen molar-refractivity contribution >= 4 is 17.7 Å². The number of rotatable bonds is 18. The molecule has 0 aliphatic heterocycles. The molecule has 6 nitrogen and oxygen atoms in total. The first-order chi connectivity index (χ1) is 13.0. The summed E-state index contributed by atoms with van der Waals surface area (Å²) in [6.07, 6.45) is 13.8. The highest BCUT2D eigenvalue weighted by Crippen LogP contribution is 2.11. The van der Waals surface area contributed by atoms with Crippen molar-refractivity contribution in [2.75, 3.05) is 6.61 Å². The van der Waals surface area contributed by atoms with Gasteiger partial charge in [-0.05, 0) is 26.2 Å². The summed E-state index contributed by atoms with van der Waals surface area (Å²) in [5.74, 6) is -0.305. The van der Waals surface area contributed by atoms with Gasteiger partial charge in [0, 0.05) is 12.8 Å². The molecule has 0 aliphatic rings. The molecular weight excluding hydrogens is 342 g/mol. The zero-order valence-electron chi connectivity index (χ0n) is 17.5. The maximum absolute atomic E-state index is 12.1. The van der Waals surface area contributed by atoms with E-state index >= 15 is 0 Å². The fourth-order valence-corrected chi connectivity index (χ4v) is 3.02. The van der Waals surface area contributed by atoms with Gasteiger partial charge in [0.05, 0.1) is 12.4 Å². The minimum absolute atomic E-state index is 0.0810. The number of amidine groups is 1. The fraction of sp³-hybridized carbons (Fsp3) is 0.857. The molecule has 158 valence electrons. The van der Waals surface area contributed by atoms with Crippen LogP contribution in [0.15, 0.2) is 0 Å². The number of amides is 1. The maximum atomic E-state index is 12.1. The van der Waals surface area contributed by atoms with Crippen LogP contribution >= 0.6 is 0 Å². The number of carbonyl (C=O) groups excluding carboxylic acids is 2. The summed E-state index contributed by atoms with van der Waals surface area (Å²) in [7, 11) is 0. The average Bonchev–Trinajstić information content (AvgIpc) is 2.62. The van der Waals surface area contributed by atoms with E-state index in [1.807, 2.05) is 0 Å². The van der Waals surface area contributed by atoms with Gasteiger partial charge in [0.25, 0.3) is 0 Å². The van der Waals surface area contributed by atoms with Crippen LogP contribution in [0.25, 0.3) is 0 Å². The molecule has 1 amide bonds. The van der Waals surface area contributed by atoms with Gasteiger partial charge in [-0.2, -0.15) is 0 Å². The van der Waals surface area contributed by atoms with Gasteiger partial charge in [0.15, 0.2) is 0 Å². The molecule has 0 spiro atoms. The number of unbranched alkanes of at least 4 members (excludes halogenated alkanes) is 9. The van der Waals surface area contributed by atoms with Crippen LogP contribution in [-0.2, 0) is 14.3 Å². The molecule has 0 aromatic carbocycles. The van der Waals surface area contributed by atoms with Gasteiger partial charge >= 0.3 is 5.97 Å². The van der Waals surface area contributed by atoms with Crippen LogP contribution in [0.1, 0.15) is 104 Å². The Morgan fingerprint density at radius 2 is 1.44 bits per heavy atom. The van der Waals surface area contributed by atoms with Gasteiger partial charge < -0.3 is 15.8 Å². The van der Waals surface area contributed by atoms with E-state index in [1.54, 1.807) is 6.92 Å². The van der Waals surface area contributed by atoms with E-state index in [9.17, 15) is 9.59 Å². The molecule has 1 unspecified atom stereocenters. The van der Waals surface area contributed by atoms with Crippen molar-refractivity contribution in [1.29, 1.82) is 5.41 Å². The third-order valence-corrected chi connectivity index (χ3v) is 4.60. The molecule has 0 radical (unpaired) electrons. The largest absolute Gasteiger partial charge is 0.464 e. The third-order valence-electron chi connectivity index (χ3n) is 4.60. The molecule has 0 heterocycles. The summed E-state index contributed by atoms with van der Waals surface area (Å²) < 4.78 is 5.06. The molecule has 0 fully saturated rings. The van der Waals surface area contributed by atoms with Gasteiger partial charge in [0.2, 0.25) is 5.91 Å². The van der Waals surface area contributed by atoms with E-state index < -0.39 is 6.04 Å². The Hall–Kier alpha value is -1.59. The molecule has 0 saturated heterocycles. The van der Waals surface area contributed by atoms with Crippen LogP contribution in [0.2, 0.25) is 0 Å². The number of ether oxygens (including phenoxy) is 1. The number of hydrogen-bond donors (Lipinski definition) is 3. The number of hydrogen-bond acceptors (Lipinski definition) is 4. The van der Waals surface area contributed by atoms with Crippen molar-refractivity contribution in [1.82, 2.24) is 5.32 Å². The summed E-state index contributed by atoms with van der Waals surface area (Å²) in [6.45, 7) is 4.29. The molecule has 0 rings (SSSR count). The van der Waals surface area contributed by atoms with Crippen molar-refractivity contribution < 1.29 is 14.3 Å². The molecule has 6 heteroatoms. The minimum Gasteiger partial charge on any atom is -0.464 e. The van der Waals surface area contributed by atoms with Crippen LogP contribution in [0, 0.1) is 5.41 Å². The summed E-state index contributed by atoms with van der Waals surface area (Å²) >= 11 is 0. The average molecular weight is 384 g/mol.